The topological polar surface area (TPSA) is 35.2 Å². The lowest BCUT2D eigenvalue weighted by molar-refractivity contribution is 0.436. The fourth-order valence-electron chi connectivity index (χ4n) is 1.93. The van der Waals surface area contributed by atoms with Gasteiger partial charge in [-0.25, -0.2) is 4.39 Å². The van der Waals surface area contributed by atoms with Crippen LogP contribution in [0, 0.1) is 5.82 Å². The number of rotatable bonds is 5. The summed E-state index contributed by atoms with van der Waals surface area (Å²) in [7, 11) is 0. The highest BCUT2D eigenvalue weighted by molar-refractivity contribution is 5.40. The average Bonchev–Trinajstić information content (AvgIpc) is 2.44. The van der Waals surface area contributed by atoms with E-state index in [-0.39, 0.29) is 11.6 Å². The first-order chi connectivity index (χ1) is 9.24. The maximum absolute atomic E-state index is 13.8. The summed E-state index contributed by atoms with van der Waals surface area (Å²) in [5, 5.41) is 0. The second kappa shape index (κ2) is 6.34. The van der Waals surface area contributed by atoms with Crippen molar-refractivity contribution in [2.45, 2.75) is 19.8 Å². The Labute approximate surface area is 113 Å². The number of benzene rings is 2. The summed E-state index contributed by atoms with van der Waals surface area (Å²) < 4.78 is 19.5. The lowest BCUT2D eigenvalue weighted by Gasteiger charge is -2.12. The van der Waals surface area contributed by atoms with Crippen molar-refractivity contribution in [3.63, 3.8) is 0 Å². The van der Waals surface area contributed by atoms with Crippen molar-refractivity contribution in [1.29, 1.82) is 0 Å². The van der Waals surface area contributed by atoms with E-state index >= 15 is 0 Å². The Hall–Kier alpha value is -1.87. The number of para-hydroxylation sites is 1. The molecule has 0 bridgehead atoms. The van der Waals surface area contributed by atoms with E-state index in [1.54, 1.807) is 6.07 Å². The van der Waals surface area contributed by atoms with Crippen LogP contribution in [0.5, 0.6) is 11.5 Å². The first-order valence-corrected chi connectivity index (χ1v) is 6.49. The van der Waals surface area contributed by atoms with Gasteiger partial charge in [-0.05, 0) is 48.7 Å². The molecular weight excluding hydrogens is 241 g/mol. The van der Waals surface area contributed by atoms with E-state index in [0.29, 0.717) is 18.7 Å². The van der Waals surface area contributed by atoms with Crippen LogP contribution >= 0.6 is 0 Å². The SMILES string of the molecule is CCc1ccc(Oc2c(F)cccc2CCN)cc1. The standard InChI is InChI=1S/C16H18FNO/c1-2-12-6-8-14(9-7-12)19-16-13(10-11-18)4-3-5-15(16)17/h3-9H,2,10-11,18H2,1H3. The smallest absolute Gasteiger partial charge is 0.166 e. The molecule has 0 saturated heterocycles. The molecule has 2 nitrogen and oxygen atoms in total. The molecule has 0 unspecified atom stereocenters. The van der Waals surface area contributed by atoms with Crippen molar-refractivity contribution in [3.05, 3.63) is 59.4 Å². The van der Waals surface area contributed by atoms with Gasteiger partial charge in [-0.3, -0.25) is 0 Å². The lowest BCUT2D eigenvalue weighted by Crippen LogP contribution is -2.05. The van der Waals surface area contributed by atoms with Crippen LogP contribution in [0.15, 0.2) is 42.5 Å². The molecule has 0 aromatic heterocycles. The van der Waals surface area contributed by atoms with E-state index in [1.165, 1.54) is 11.6 Å². The van der Waals surface area contributed by atoms with E-state index < -0.39 is 0 Å². The largest absolute Gasteiger partial charge is 0.454 e. The van der Waals surface area contributed by atoms with Crippen molar-refractivity contribution < 1.29 is 9.13 Å². The van der Waals surface area contributed by atoms with Crippen molar-refractivity contribution in [3.8, 4) is 11.5 Å². The average molecular weight is 259 g/mol. The van der Waals surface area contributed by atoms with Crippen molar-refractivity contribution in [1.82, 2.24) is 0 Å². The third-order valence-electron chi connectivity index (χ3n) is 3.01. The van der Waals surface area contributed by atoms with Gasteiger partial charge in [-0.1, -0.05) is 31.2 Å². The number of hydrogen-bond donors (Lipinski definition) is 1. The number of ether oxygens (including phenoxy) is 1. The molecule has 0 atom stereocenters. The summed E-state index contributed by atoms with van der Waals surface area (Å²) in [6.45, 7) is 2.56. The van der Waals surface area contributed by atoms with Crippen LogP contribution in [0.4, 0.5) is 4.39 Å². The minimum absolute atomic E-state index is 0.275. The number of hydrogen-bond acceptors (Lipinski definition) is 2. The molecule has 19 heavy (non-hydrogen) atoms. The summed E-state index contributed by atoms with van der Waals surface area (Å²) in [6.07, 6.45) is 1.57. The Morgan fingerprint density at radius 2 is 1.84 bits per heavy atom. The van der Waals surface area contributed by atoms with Gasteiger partial charge in [0.15, 0.2) is 11.6 Å². The van der Waals surface area contributed by atoms with Crippen molar-refractivity contribution in [2.24, 2.45) is 5.73 Å². The van der Waals surface area contributed by atoms with E-state index in [2.05, 4.69) is 6.92 Å². The zero-order chi connectivity index (χ0) is 13.7. The van der Waals surface area contributed by atoms with Crippen LogP contribution in [0.3, 0.4) is 0 Å². The van der Waals surface area contributed by atoms with E-state index in [4.69, 9.17) is 10.5 Å². The zero-order valence-electron chi connectivity index (χ0n) is 11.0. The van der Waals surface area contributed by atoms with E-state index in [9.17, 15) is 4.39 Å². The van der Waals surface area contributed by atoms with Gasteiger partial charge >= 0.3 is 0 Å². The molecule has 0 aliphatic heterocycles. The molecule has 0 aliphatic carbocycles. The molecular formula is C16H18FNO. The molecule has 2 aromatic rings. The fourth-order valence-corrected chi connectivity index (χ4v) is 1.93. The molecule has 100 valence electrons. The summed E-state index contributed by atoms with van der Waals surface area (Å²) in [5.74, 6) is 0.559. The molecule has 0 amide bonds. The summed E-state index contributed by atoms with van der Waals surface area (Å²) in [6, 6.07) is 12.6. The van der Waals surface area contributed by atoms with E-state index in [0.717, 1.165) is 12.0 Å². The van der Waals surface area contributed by atoms with Gasteiger partial charge in [0.25, 0.3) is 0 Å². The summed E-state index contributed by atoms with van der Waals surface area (Å²) >= 11 is 0. The van der Waals surface area contributed by atoms with Gasteiger partial charge in [0.05, 0.1) is 0 Å². The summed E-state index contributed by atoms with van der Waals surface area (Å²) in [5.41, 5.74) is 7.55. The highest BCUT2D eigenvalue weighted by Crippen LogP contribution is 2.28. The predicted molar refractivity (Wildman–Crippen MR) is 75.1 cm³/mol. The Balaban J connectivity index is 2.26. The van der Waals surface area contributed by atoms with E-state index in [1.807, 2.05) is 30.3 Å². The first kappa shape index (κ1) is 13.6. The molecule has 0 saturated carbocycles. The monoisotopic (exact) mass is 259 g/mol. The first-order valence-electron chi connectivity index (χ1n) is 6.49. The fraction of sp³-hybridized carbons (Fsp3) is 0.250. The molecule has 2 aromatic carbocycles. The Kier molecular flexibility index (Phi) is 4.53. The second-order valence-corrected chi connectivity index (χ2v) is 4.37. The third kappa shape index (κ3) is 3.32. The maximum atomic E-state index is 13.8. The second-order valence-electron chi connectivity index (χ2n) is 4.37. The molecule has 0 aliphatic rings. The molecule has 0 fully saturated rings. The normalized spacial score (nSPS) is 10.5. The quantitative estimate of drug-likeness (QED) is 0.889. The van der Waals surface area contributed by atoms with Gasteiger partial charge < -0.3 is 10.5 Å². The Morgan fingerprint density at radius 1 is 1.11 bits per heavy atom. The lowest BCUT2D eigenvalue weighted by atomic mass is 10.1. The van der Waals surface area contributed by atoms with Crippen molar-refractivity contribution >= 4 is 0 Å². The van der Waals surface area contributed by atoms with Gasteiger partial charge in [0.1, 0.15) is 5.75 Å². The number of aryl methyl sites for hydroxylation is 1. The zero-order valence-corrected chi connectivity index (χ0v) is 11.0. The highest BCUT2D eigenvalue weighted by atomic mass is 19.1. The number of halogens is 1. The molecule has 3 heteroatoms. The molecule has 0 spiro atoms. The molecule has 0 heterocycles. The third-order valence-corrected chi connectivity index (χ3v) is 3.01. The minimum Gasteiger partial charge on any atom is -0.454 e. The van der Waals surface area contributed by atoms with Crippen LogP contribution < -0.4 is 10.5 Å². The Bertz CT molecular complexity index is 537. The van der Waals surface area contributed by atoms with Crippen LogP contribution in [0.2, 0.25) is 0 Å². The maximum Gasteiger partial charge on any atom is 0.166 e. The number of nitrogens with two attached hydrogens (primary N) is 1. The van der Waals surface area contributed by atoms with Crippen LogP contribution in [0.25, 0.3) is 0 Å². The van der Waals surface area contributed by atoms with Gasteiger partial charge in [0.2, 0.25) is 0 Å². The molecule has 2 rings (SSSR count). The van der Waals surface area contributed by atoms with Gasteiger partial charge in [-0.15, -0.1) is 0 Å². The van der Waals surface area contributed by atoms with Crippen LogP contribution in [-0.4, -0.2) is 6.54 Å². The minimum atomic E-state index is -0.356. The van der Waals surface area contributed by atoms with Gasteiger partial charge in [-0.2, -0.15) is 0 Å². The van der Waals surface area contributed by atoms with Crippen LogP contribution in [0.1, 0.15) is 18.1 Å². The van der Waals surface area contributed by atoms with Crippen molar-refractivity contribution in [2.75, 3.05) is 6.54 Å². The highest BCUT2D eigenvalue weighted by Gasteiger charge is 2.10. The Morgan fingerprint density at radius 3 is 2.47 bits per heavy atom. The molecule has 2 N–H and O–H groups in total. The van der Waals surface area contributed by atoms with Gasteiger partial charge in [0, 0.05) is 0 Å². The predicted octanol–water partition coefficient (Wildman–Crippen LogP) is 3.68. The molecule has 0 radical (unpaired) electrons. The van der Waals surface area contributed by atoms with Crippen LogP contribution in [-0.2, 0) is 12.8 Å². The summed E-state index contributed by atoms with van der Waals surface area (Å²) in [4.78, 5) is 0.